The summed E-state index contributed by atoms with van der Waals surface area (Å²) in [6.07, 6.45) is -4.90. The smallest absolute Gasteiger partial charge is 0.332 e. The molecule has 4 N–H and O–H groups in total. The third-order valence-electron chi connectivity index (χ3n) is 3.19. The molecular weight excluding hydrogens is 270 g/mol. The van der Waals surface area contributed by atoms with E-state index < -0.39 is 42.4 Å². The van der Waals surface area contributed by atoms with Gasteiger partial charge in [-0.2, -0.15) is 0 Å². The first-order valence-corrected chi connectivity index (χ1v) is 6.02. The molecule has 2 rings (SSSR count). The summed E-state index contributed by atoms with van der Waals surface area (Å²) in [5.41, 5.74) is -1.35. The monoisotopic (exact) mass is 287 g/mol. The van der Waals surface area contributed by atoms with Crippen LogP contribution in [0.5, 0.6) is 0 Å². The van der Waals surface area contributed by atoms with Crippen molar-refractivity contribution in [2.45, 2.75) is 24.5 Å². The molecule has 0 amide bonds. The maximum absolute atomic E-state index is 11.9. The summed E-state index contributed by atoms with van der Waals surface area (Å²) >= 11 is 0. The number of aromatic nitrogens is 2. The Morgan fingerprint density at radius 3 is 2.50 bits per heavy atom. The summed E-state index contributed by atoms with van der Waals surface area (Å²) in [5, 5.41) is 28.7. The molecule has 0 radical (unpaired) electrons. The SMILES string of the molecule is CN(C)c1cc(=O)[nH]c(=O)n1[C@@H]1O[C@H](CO)[C@H](O)C1O. The third kappa shape index (κ3) is 2.36. The lowest BCUT2D eigenvalue weighted by Crippen LogP contribution is -2.40. The van der Waals surface area contributed by atoms with Gasteiger partial charge in [-0.1, -0.05) is 0 Å². The van der Waals surface area contributed by atoms with Crippen LogP contribution >= 0.6 is 0 Å². The van der Waals surface area contributed by atoms with Crippen LogP contribution in [0.3, 0.4) is 0 Å². The molecule has 20 heavy (non-hydrogen) atoms. The van der Waals surface area contributed by atoms with Crippen molar-refractivity contribution >= 4 is 5.82 Å². The lowest BCUT2D eigenvalue weighted by Gasteiger charge is -2.24. The fourth-order valence-corrected chi connectivity index (χ4v) is 2.18. The third-order valence-corrected chi connectivity index (χ3v) is 3.19. The summed E-state index contributed by atoms with van der Waals surface area (Å²) in [6.45, 7) is -0.496. The molecule has 2 heterocycles. The summed E-state index contributed by atoms with van der Waals surface area (Å²) < 4.78 is 6.33. The molecule has 112 valence electrons. The molecule has 0 aliphatic carbocycles. The molecule has 9 heteroatoms. The minimum Gasteiger partial charge on any atom is -0.394 e. The Morgan fingerprint density at radius 1 is 1.35 bits per heavy atom. The van der Waals surface area contributed by atoms with Gasteiger partial charge in [-0.25, -0.2) is 9.36 Å². The van der Waals surface area contributed by atoms with Crippen molar-refractivity contribution in [1.82, 2.24) is 9.55 Å². The predicted octanol–water partition coefficient (Wildman–Crippen LogP) is -2.79. The second-order valence-electron chi connectivity index (χ2n) is 4.79. The van der Waals surface area contributed by atoms with Gasteiger partial charge in [0.2, 0.25) is 0 Å². The van der Waals surface area contributed by atoms with E-state index in [0.717, 1.165) is 4.57 Å². The zero-order valence-corrected chi connectivity index (χ0v) is 11.1. The molecule has 1 aliphatic rings. The molecule has 1 aliphatic heterocycles. The molecule has 0 spiro atoms. The second kappa shape index (κ2) is 5.37. The van der Waals surface area contributed by atoms with Crippen molar-refractivity contribution in [2.75, 3.05) is 25.6 Å². The molecular formula is C11H17N3O6. The van der Waals surface area contributed by atoms with E-state index in [-0.39, 0.29) is 5.82 Å². The maximum atomic E-state index is 11.9. The summed E-state index contributed by atoms with van der Waals surface area (Å²) in [7, 11) is 3.23. The van der Waals surface area contributed by atoms with Crippen LogP contribution in [-0.2, 0) is 4.74 Å². The number of anilines is 1. The van der Waals surface area contributed by atoms with Crippen LogP contribution in [-0.4, -0.2) is 63.9 Å². The molecule has 0 saturated carbocycles. The van der Waals surface area contributed by atoms with Gasteiger partial charge in [0, 0.05) is 20.2 Å². The van der Waals surface area contributed by atoms with E-state index in [9.17, 15) is 19.8 Å². The lowest BCUT2D eigenvalue weighted by molar-refractivity contribution is -0.0542. The van der Waals surface area contributed by atoms with Crippen LogP contribution in [0.15, 0.2) is 15.7 Å². The Bertz CT molecular complexity index is 595. The number of aliphatic hydroxyl groups excluding tert-OH is 3. The van der Waals surface area contributed by atoms with Gasteiger partial charge in [-0.3, -0.25) is 9.78 Å². The van der Waals surface area contributed by atoms with Gasteiger partial charge in [0.15, 0.2) is 6.23 Å². The quantitative estimate of drug-likeness (QED) is 0.473. The van der Waals surface area contributed by atoms with Gasteiger partial charge in [0.1, 0.15) is 24.1 Å². The van der Waals surface area contributed by atoms with Crippen LogP contribution in [0.1, 0.15) is 6.23 Å². The minimum absolute atomic E-state index is 0.216. The van der Waals surface area contributed by atoms with Crippen molar-refractivity contribution in [2.24, 2.45) is 0 Å². The van der Waals surface area contributed by atoms with Crippen LogP contribution in [0.4, 0.5) is 5.82 Å². The number of H-pyrrole nitrogens is 1. The normalized spacial score (nSPS) is 29.6. The van der Waals surface area contributed by atoms with E-state index in [1.165, 1.54) is 11.0 Å². The van der Waals surface area contributed by atoms with Gasteiger partial charge in [0.25, 0.3) is 5.56 Å². The minimum atomic E-state index is -1.39. The van der Waals surface area contributed by atoms with Gasteiger partial charge >= 0.3 is 5.69 Å². The lowest BCUT2D eigenvalue weighted by atomic mass is 10.1. The molecule has 1 fully saturated rings. The summed E-state index contributed by atoms with van der Waals surface area (Å²) in [6, 6.07) is 1.18. The fourth-order valence-electron chi connectivity index (χ4n) is 2.18. The van der Waals surface area contributed by atoms with Crippen LogP contribution < -0.4 is 16.1 Å². The Labute approximate surface area is 113 Å². The number of rotatable bonds is 3. The number of aliphatic hydroxyl groups is 3. The summed E-state index contributed by atoms with van der Waals surface area (Å²) in [4.78, 5) is 26.9. The molecule has 1 saturated heterocycles. The molecule has 1 aromatic rings. The van der Waals surface area contributed by atoms with Gasteiger partial charge in [-0.05, 0) is 0 Å². The molecule has 1 unspecified atom stereocenters. The summed E-state index contributed by atoms with van der Waals surface area (Å²) in [5.74, 6) is 0.216. The highest BCUT2D eigenvalue weighted by atomic mass is 16.6. The van der Waals surface area contributed by atoms with E-state index in [1.54, 1.807) is 14.1 Å². The number of nitrogens with one attached hydrogen (secondary N) is 1. The number of ether oxygens (including phenoxy) is 1. The average Bonchev–Trinajstić information content (AvgIpc) is 2.65. The van der Waals surface area contributed by atoms with Crippen molar-refractivity contribution in [3.8, 4) is 0 Å². The first kappa shape index (κ1) is 14.7. The molecule has 0 aromatic carbocycles. The molecule has 0 bridgehead atoms. The van der Waals surface area contributed by atoms with E-state index in [4.69, 9.17) is 9.84 Å². The Balaban J connectivity index is 2.53. The van der Waals surface area contributed by atoms with Gasteiger partial charge in [-0.15, -0.1) is 0 Å². The van der Waals surface area contributed by atoms with Gasteiger partial charge < -0.3 is 25.0 Å². The van der Waals surface area contributed by atoms with E-state index >= 15 is 0 Å². The molecule has 4 atom stereocenters. The largest absolute Gasteiger partial charge is 0.394 e. The average molecular weight is 287 g/mol. The molecule has 1 aromatic heterocycles. The van der Waals surface area contributed by atoms with Crippen molar-refractivity contribution in [3.63, 3.8) is 0 Å². The topological polar surface area (TPSA) is 128 Å². The van der Waals surface area contributed by atoms with E-state index in [1.807, 2.05) is 0 Å². The first-order chi connectivity index (χ1) is 9.36. The zero-order chi connectivity index (χ0) is 15.0. The Kier molecular flexibility index (Phi) is 3.95. The van der Waals surface area contributed by atoms with Crippen molar-refractivity contribution < 1.29 is 20.1 Å². The maximum Gasteiger partial charge on any atom is 0.332 e. The van der Waals surface area contributed by atoms with Crippen molar-refractivity contribution in [3.05, 3.63) is 26.9 Å². The van der Waals surface area contributed by atoms with Crippen LogP contribution in [0, 0.1) is 0 Å². The number of aromatic amines is 1. The van der Waals surface area contributed by atoms with E-state index in [0.29, 0.717) is 0 Å². The second-order valence-corrected chi connectivity index (χ2v) is 4.79. The zero-order valence-electron chi connectivity index (χ0n) is 11.1. The first-order valence-electron chi connectivity index (χ1n) is 6.02. The Hall–Kier alpha value is -1.68. The highest BCUT2D eigenvalue weighted by Gasteiger charge is 2.44. The number of hydrogen-bond acceptors (Lipinski definition) is 7. The van der Waals surface area contributed by atoms with E-state index in [2.05, 4.69) is 4.98 Å². The predicted molar refractivity (Wildman–Crippen MR) is 68.7 cm³/mol. The fraction of sp³-hybridized carbons (Fsp3) is 0.636. The molecule has 9 nitrogen and oxygen atoms in total. The highest BCUT2D eigenvalue weighted by Crippen LogP contribution is 2.30. The number of nitrogens with zero attached hydrogens (tertiary/aromatic N) is 2. The van der Waals surface area contributed by atoms with Crippen LogP contribution in [0.2, 0.25) is 0 Å². The van der Waals surface area contributed by atoms with Crippen molar-refractivity contribution in [1.29, 1.82) is 0 Å². The Morgan fingerprint density at radius 2 is 2.00 bits per heavy atom. The highest BCUT2D eigenvalue weighted by molar-refractivity contribution is 5.36. The van der Waals surface area contributed by atoms with Gasteiger partial charge in [0.05, 0.1) is 6.61 Å². The van der Waals surface area contributed by atoms with Crippen LogP contribution in [0.25, 0.3) is 0 Å². The number of hydrogen-bond donors (Lipinski definition) is 4. The standard InChI is InChI=1S/C11H17N3O6/c1-13(2)7-3-6(16)12-11(19)14(7)10-9(18)8(17)5(4-15)20-10/h3,5,8-10,15,17-18H,4H2,1-2H3,(H,12,16,19)/t5-,8+,9?,10-/m1/s1.